The number of anilines is 1. The van der Waals surface area contributed by atoms with E-state index in [2.05, 4.69) is 21.3 Å². The van der Waals surface area contributed by atoms with Crippen molar-refractivity contribution in [3.8, 4) is 17.2 Å². The second kappa shape index (κ2) is 27.3. The van der Waals surface area contributed by atoms with Gasteiger partial charge in [0.2, 0.25) is 23.5 Å². The third-order valence-electron chi connectivity index (χ3n) is 15.4. The van der Waals surface area contributed by atoms with Crippen molar-refractivity contribution in [2.45, 2.75) is 132 Å². The van der Waals surface area contributed by atoms with E-state index in [1.807, 2.05) is 18.2 Å². The lowest BCUT2D eigenvalue weighted by Gasteiger charge is -2.42. The first-order chi connectivity index (χ1) is 40.2. The molecule has 84 heavy (non-hydrogen) atoms. The number of benzene rings is 4. The molecule has 8 atom stereocenters. The maximum Gasteiger partial charge on any atom is 0.407 e. The van der Waals surface area contributed by atoms with Crippen LogP contribution in [0.2, 0.25) is 0 Å². The number of Topliss-reactive ketones (excluding diaryl/α,β-unsaturated/α-hetero) is 1. The van der Waals surface area contributed by atoms with Crippen LogP contribution in [0.15, 0.2) is 84.9 Å². The highest BCUT2D eigenvalue weighted by molar-refractivity contribution is 6.31. The van der Waals surface area contributed by atoms with E-state index in [1.165, 1.54) is 44.4 Å². The molecule has 24 heteroatoms. The zero-order chi connectivity index (χ0) is 60.4. The first kappa shape index (κ1) is 61.7. The molecule has 8 rings (SSSR count). The van der Waals surface area contributed by atoms with E-state index in [-0.39, 0.29) is 84.6 Å². The van der Waals surface area contributed by atoms with Gasteiger partial charge in [0.1, 0.15) is 54.3 Å². The Bertz CT molecular complexity index is 3190. The number of unbranched alkanes of at least 4 members (excludes halogenated alkanes) is 3. The largest absolute Gasteiger partial charge is 0.507 e. The number of aliphatic hydroxyl groups is 3. The van der Waals surface area contributed by atoms with Crippen LogP contribution in [-0.4, -0.2) is 152 Å². The summed E-state index contributed by atoms with van der Waals surface area (Å²) in [6, 6.07) is 16.4. The fraction of sp³-hybridized carbons (Fsp3) is 0.417. The summed E-state index contributed by atoms with van der Waals surface area (Å²) in [5.41, 5.74) is 2.97. The highest BCUT2D eigenvalue weighted by Crippen LogP contribution is 2.52. The average Bonchev–Trinajstić information content (AvgIpc) is 1.06. The van der Waals surface area contributed by atoms with Crippen molar-refractivity contribution in [3.63, 3.8) is 0 Å². The van der Waals surface area contributed by atoms with E-state index < -0.39 is 126 Å². The van der Waals surface area contributed by atoms with Crippen molar-refractivity contribution in [1.82, 2.24) is 20.9 Å². The molecule has 2 aliphatic carbocycles. The predicted octanol–water partition coefficient (Wildman–Crippen LogP) is 2.73. The number of fused-ring (bicyclic) bond motifs is 3. The Balaban J connectivity index is 0.880. The van der Waals surface area contributed by atoms with E-state index in [4.69, 9.17) is 24.7 Å². The third kappa shape index (κ3) is 14.0. The maximum absolute atomic E-state index is 14.1. The summed E-state index contributed by atoms with van der Waals surface area (Å²) in [6.07, 6.45) is -2.41. The molecule has 11 N–H and O–H groups in total. The lowest BCUT2D eigenvalue weighted by atomic mass is 9.72. The number of amides is 6. The van der Waals surface area contributed by atoms with Gasteiger partial charge in [-0.15, -0.1) is 0 Å². The number of ether oxygens (including phenoxy) is 4. The van der Waals surface area contributed by atoms with Crippen LogP contribution < -0.4 is 31.7 Å². The van der Waals surface area contributed by atoms with Gasteiger partial charge in [-0.1, -0.05) is 61.0 Å². The monoisotopic (exact) mass is 1160 g/mol. The van der Waals surface area contributed by atoms with Crippen molar-refractivity contribution in [1.29, 1.82) is 0 Å². The number of methoxy groups -OCH3 is 1. The maximum atomic E-state index is 14.1. The van der Waals surface area contributed by atoms with E-state index in [0.29, 0.717) is 49.9 Å². The number of imide groups is 1. The van der Waals surface area contributed by atoms with Gasteiger partial charge in [0.25, 0.3) is 11.8 Å². The Labute approximate surface area is 482 Å². The standard InChI is InChI=1S/C60H68N6O18/c1-32-52(72)39(27-47(83-32)84-42-29-60(80,43(68)30-67)28-37-49(42)56(76)51-50(54(37)74)53(73)36-14-11-16-41(81-2)48(36)55(51)75)65-59(79)82-31-34-18-20-35(21-19-34)62-57(77)38(15-8-9-24-61)64-58(78)40(26-33-12-5-3-6-13-33)63-44(69)17-7-4-10-25-66-45(70)22-23-46(66)71/h3,5-6,11-14,16,18-23,32,38-40,42,47,52,67,72,74,76,80H,4,7-10,15,17,24-31,61H2,1-2H3,(H,62,77)(H,63,69)(H,64,78)(H,65,79)/t32-,38?,39-,40?,42?,47-,52+,60-/m0/s1. The second-order valence-electron chi connectivity index (χ2n) is 21.1. The zero-order valence-corrected chi connectivity index (χ0v) is 46.3. The molecule has 6 amide bonds. The number of ketones is 3. The number of alkyl carbamates (subject to hydrolysis) is 1. The van der Waals surface area contributed by atoms with Gasteiger partial charge in [0.15, 0.2) is 17.9 Å². The summed E-state index contributed by atoms with van der Waals surface area (Å²) < 4.78 is 23.1. The molecule has 24 nitrogen and oxygen atoms in total. The van der Waals surface area contributed by atoms with Gasteiger partial charge >= 0.3 is 6.09 Å². The molecule has 0 radical (unpaired) electrons. The van der Waals surface area contributed by atoms with Crippen molar-refractivity contribution in [2.24, 2.45) is 5.73 Å². The number of carbonyl (C=O) groups excluding carboxylic acids is 9. The van der Waals surface area contributed by atoms with Crippen LogP contribution in [0.5, 0.6) is 17.2 Å². The fourth-order valence-electron chi connectivity index (χ4n) is 10.9. The first-order valence-electron chi connectivity index (χ1n) is 27.7. The van der Waals surface area contributed by atoms with Gasteiger partial charge < -0.3 is 71.5 Å². The number of aromatic hydroxyl groups is 2. The Hall–Kier alpha value is -8.39. The fourth-order valence-corrected chi connectivity index (χ4v) is 10.9. The number of phenolic OH excluding ortho intramolecular Hbond substituents is 2. The molecule has 446 valence electrons. The normalized spacial score (nSPS) is 21.4. The molecule has 1 saturated heterocycles. The molecule has 4 aromatic rings. The van der Waals surface area contributed by atoms with E-state index >= 15 is 0 Å². The van der Waals surface area contributed by atoms with Gasteiger partial charge in [-0.25, -0.2) is 4.79 Å². The number of aliphatic hydroxyl groups excluding tert-OH is 2. The van der Waals surface area contributed by atoms with Crippen molar-refractivity contribution >= 4 is 58.7 Å². The van der Waals surface area contributed by atoms with Crippen molar-refractivity contribution in [3.05, 3.63) is 129 Å². The minimum Gasteiger partial charge on any atom is -0.507 e. The predicted molar refractivity (Wildman–Crippen MR) is 297 cm³/mol. The van der Waals surface area contributed by atoms with Gasteiger partial charge in [0, 0.05) is 73.2 Å². The Morgan fingerprint density at radius 1 is 0.810 bits per heavy atom. The topological polar surface area (TPSA) is 369 Å². The minimum absolute atomic E-state index is 0.0258. The molecule has 4 aliphatic rings. The first-order valence-corrected chi connectivity index (χ1v) is 27.7. The highest BCUT2D eigenvalue weighted by Gasteiger charge is 2.50. The molecule has 1 fully saturated rings. The molecule has 0 saturated carbocycles. The number of carbonyl (C=O) groups is 9. The number of nitrogens with one attached hydrogen (secondary N) is 4. The summed E-state index contributed by atoms with van der Waals surface area (Å²) in [5, 5.41) is 67.4. The summed E-state index contributed by atoms with van der Waals surface area (Å²) in [6.45, 7) is 0.659. The number of phenols is 2. The molecule has 2 heterocycles. The third-order valence-corrected chi connectivity index (χ3v) is 15.4. The SMILES string of the molecule is COc1cccc2c1C(=O)c1c(O)c3c(c(O)c1C2=O)C[C@@](O)(C(=O)CO)CC3O[C@H]1C[C@H](NC(=O)OCc2ccc(NC(=O)C(CCCCN)NC(=O)C(Cc3ccccc3)NC(=O)CCCCCN3C(=O)C=CC3=O)cc2)[C@H](O)[C@H](C)O1. The molecule has 0 bridgehead atoms. The van der Waals surface area contributed by atoms with Gasteiger partial charge in [0.05, 0.1) is 42.0 Å². The van der Waals surface area contributed by atoms with Gasteiger partial charge in [-0.05, 0) is 74.9 Å². The molecular formula is C60H68N6O18. The van der Waals surface area contributed by atoms with Crippen LogP contribution in [0.25, 0.3) is 0 Å². The van der Waals surface area contributed by atoms with E-state index in [0.717, 1.165) is 10.5 Å². The Morgan fingerprint density at radius 2 is 1.52 bits per heavy atom. The molecule has 4 aromatic carbocycles. The highest BCUT2D eigenvalue weighted by atomic mass is 16.7. The zero-order valence-electron chi connectivity index (χ0n) is 46.3. The minimum atomic E-state index is -2.41. The van der Waals surface area contributed by atoms with Crippen LogP contribution in [0.3, 0.4) is 0 Å². The lowest BCUT2D eigenvalue weighted by Crippen LogP contribution is -2.56. The second-order valence-corrected chi connectivity index (χ2v) is 21.1. The van der Waals surface area contributed by atoms with Crippen LogP contribution in [0.1, 0.15) is 125 Å². The molecule has 2 aliphatic heterocycles. The average molecular weight is 1160 g/mol. The number of hydrogen-bond donors (Lipinski definition) is 10. The van der Waals surface area contributed by atoms with E-state index in [1.54, 1.807) is 36.4 Å². The van der Waals surface area contributed by atoms with Gasteiger partial charge in [-0.2, -0.15) is 0 Å². The van der Waals surface area contributed by atoms with Crippen LogP contribution in [0.4, 0.5) is 10.5 Å². The lowest BCUT2D eigenvalue weighted by molar-refractivity contribution is -0.249. The Morgan fingerprint density at radius 3 is 2.21 bits per heavy atom. The molecule has 3 unspecified atom stereocenters. The van der Waals surface area contributed by atoms with Gasteiger partial charge in [-0.3, -0.25) is 43.3 Å². The quantitative estimate of drug-likeness (QED) is 0.0228. The summed E-state index contributed by atoms with van der Waals surface area (Å²) >= 11 is 0. The van der Waals surface area contributed by atoms with Crippen molar-refractivity contribution < 1.29 is 87.6 Å². The number of rotatable bonds is 25. The van der Waals surface area contributed by atoms with Crippen LogP contribution in [0, 0.1) is 0 Å². The number of nitrogens with zero attached hydrogens (tertiary/aromatic N) is 1. The van der Waals surface area contributed by atoms with E-state index in [9.17, 15) is 68.7 Å². The smallest absolute Gasteiger partial charge is 0.407 e. The summed E-state index contributed by atoms with van der Waals surface area (Å²) in [5.74, 6) is -6.59. The Kier molecular flexibility index (Phi) is 20.1. The van der Waals surface area contributed by atoms with Crippen molar-refractivity contribution in [2.75, 3.05) is 32.1 Å². The molecule has 0 spiro atoms. The molecule has 0 aromatic heterocycles. The number of nitrogens with two attached hydrogens (primary N) is 1. The van der Waals surface area contributed by atoms with Crippen LogP contribution >= 0.6 is 0 Å². The number of hydrogen-bond acceptors (Lipinski definition) is 19. The summed E-state index contributed by atoms with van der Waals surface area (Å²) in [7, 11) is 1.29. The van der Waals surface area contributed by atoms with Crippen LogP contribution in [-0.2, 0) is 62.4 Å². The summed E-state index contributed by atoms with van der Waals surface area (Å²) in [4.78, 5) is 120. The molecular weight excluding hydrogens is 1090 g/mol.